The highest BCUT2D eigenvalue weighted by molar-refractivity contribution is 7.91. The number of rotatable bonds is 3. The molecule has 0 amide bonds. The lowest BCUT2D eigenvalue weighted by molar-refractivity contribution is 0.258. The molecule has 1 fully saturated rings. The van der Waals surface area contributed by atoms with Crippen molar-refractivity contribution < 1.29 is 8.42 Å². The minimum atomic E-state index is -3.36. The highest BCUT2D eigenvalue weighted by Gasteiger charge is 2.34. The van der Waals surface area contributed by atoms with Gasteiger partial charge in [0.25, 0.3) is 10.0 Å². The van der Waals surface area contributed by atoms with Crippen LogP contribution in [0.25, 0.3) is 0 Å². The Bertz CT molecular complexity index is 528. The summed E-state index contributed by atoms with van der Waals surface area (Å²) in [6.45, 7) is 4.80. The fourth-order valence-electron chi connectivity index (χ4n) is 2.51. The van der Waals surface area contributed by atoms with Gasteiger partial charge in [0, 0.05) is 24.0 Å². The smallest absolute Gasteiger partial charge is 0.253 e. The molecule has 1 saturated heterocycles. The van der Waals surface area contributed by atoms with E-state index in [2.05, 4.69) is 0 Å². The molecule has 0 spiro atoms. The topological polar surface area (TPSA) is 63.4 Å². The van der Waals surface area contributed by atoms with Gasteiger partial charge in [-0.3, -0.25) is 0 Å². The van der Waals surface area contributed by atoms with Crippen LogP contribution in [0.4, 0.5) is 0 Å². The minimum Gasteiger partial charge on any atom is -0.329 e. The van der Waals surface area contributed by atoms with Gasteiger partial charge in [-0.05, 0) is 38.3 Å². The lowest BCUT2D eigenvalue weighted by Crippen LogP contribution is -2.47. The van der Waals surface area contributed by atoms with Gasteiger partial charge in [-0.1, -0.05) is 6.42 Å². The lowest BCUT2D eigenvalue weighted by atomic mass is 10.1. The highest BCUT2D eigenvalue weighted by atomic mass is 35.5. The molecule has 0 radical (unpaired) electrons. The van der Waals surface area contributed by atoms with Gasteiger partial charge in [-0.25, -0.2) is 8.42 Å². The number of piperidine rings is 1. The van der Waals surface area contributed by atoms with E-state index in [9.17, 15) is 8.42 Å². The van der Waals surface area contributed by atoms with Crippen molar-refractivity contribution in [2.45, 2.75) is 43.4 Å². The van der Waals surface area contributed by atoms with Crippen LogP contribution >= 0.6 is 23.7 Å². The fraction of sp³-hybridized carbons (Fsp3) is 0.667. The SMILES string of the molecule is Cc1cc(C)c(S(=O)(=O)N2CCCCC2CN)s1.Cl. The van der Waals surface area contributed by atoms with Crippen molar-refractivity contribution in [2.75, 3.05) is 13.1 Å². The van der Waals surface area contributed by atoms with Crippen molar-refractivity contribution in [3.05, 3.63) is 16.5 Å². The van der Waals surface area contributed by atoms with Gasteiger partial charge in [-0.15, -0.1) is 23.7 Å². The van der Waals surface area contributed by atoms with E-state index in [0.717, 1.165) is 29.7 Å². The average Bonchev–Trinajstić information content (AvgIpc) is 2.69. The Labute approximate surface area is 125 Å². The normalized spacial score (nSPS) is 21.1. The molecule has 2 heterocycles. The average molecular weight is 325 g/mol. The molecule has 19 heavy (non-hydrogen) atoms. The molecule has 1 aromatic heterocycles. The Kier molecular flexibility index (Phi) is 5.82. The first-order valence-electron chi connectivity index (χ1n) is 6.25. The molecule has 1 aliphatic rings. The number of thiophene rings is 1. The third kappa shape index (κ3) is 3.31. The van der Waals surface area contributed by atoms with Crippen LogP contribution in [-0.4, -0.2) is 31.9 Å². The van der Waals surface area contributed by atoms with E-state index < -0.39 is 10.0 Å². The summed E-state index contributed by atoms with van der Waals surface area (Å²) in [6, 6.07) is 1.89. The number of nitrogens with two attached hydrogens (primary N) is 1. The van der Waals surface area contributed by atoms with Gasteiger partial charge in [0.2, 0.25) is 0 Å². The van der Waals surface area contributed by atoms with Gasteiger partial charge in [-0.2, -0.15) is 4.31 Å². The number of halogens is 1. The number of hydrogen-bond donors (Lipinski definition) is 1. The van der Waals surface area contributed by atoms with Gasteiger partial charge in [0.15, 0.2) is 0 Å². The Hall–Kier alpha value is -0.140. The maximum Gasteiger partial charge on any atom is 0.253 e. The number of hydrogen-bond acceptors (Lipinski definition) is 4. The predicted molar refractivity (Wildman–Crippen MR) is 81.6 cm³/mol. The summed E-state index contributed by atoms with van der Waals surface area (Å²) in [4.78, 5) is 1.03. The Balaban J connectivity index is 0.00000180. The molecule has 1 atom stereocenters. The van der Waals surface area contributed by atoms with Crippen LogP contribution in [0.3, 0.4) is 0 Å². The third-order valence-electron chi connectivity index (χ3n) is 3.38. The number of aryl methyl sites for hydroxylation is 2. The summed E-state index contributed by atoms with van der Waals surface area (Å²) < 4.78 is 27.4. The van der Waals surface area contributed by atoms with Crippen LogP contribution in [0.1, 0.15) is 29.7 Å². The van der Waals surface area contributed by atoms with Crippen molar-refractivity contribution in [1.82, 2.24) is 4.31 Å². The maximum atomic E-state index is 12.7. The second kappa shape index (κ2) is 6.54. The summed E-state index contributed by atoms with van der Waals surface area (Å²) in [5, 5.41) is 0. The Morgan fingerprint density at radius 2 is 2.11 bits per heavy atom. The van der Waals surface area contributed by atoms with E-state index in [-0.39, 0.29) is 18.4 Å². The maximum absolute atomic E-state index is 12.7. The van der Waals surface area contributed by atoms with Crippen LogP contribution in [0.2, 0.25) is 0 Å². The van der Waals surface area contributed by atoms with Gasteiger partial charge in [0.05, 0.1) is 0 Å². The van der Waals surface area contributed by atoms with Crippen LogP contribution in [0.15, 0.2) is 10.3 Å². The van der Waals surface area contributed by atoms with Crippen molar-refractivity contribution in [3.63, 3.8) is 0 Å². The quantitative estimate of drug-likeness (QED) is 0.927. The zero-order valence-electron chi connectivity index (χ0n) is 11.3. The summed E-state index contributed by atoms with van der Waals surface area (Å²) in [6.07, 6.45) is 2.87. The van der Waals surface area contributed by atoms with Crippen molar-refractivity contribution in [2.24, 2.45) is 5.73 Å². The van der Waals surface area contributed by atoms with E-state index in [4.69, 9.17) is 5.73 Å². The Morgan fingerprint density at radius 1 is 1.42 bits per heavy atom. The standard InChI is InChI=1S/C12H20N2O2S2.ClH/c1-9-7-10(2)17-12(9)18(15,16)14-6-4-3-5-11(14)8-13;/h7,11H,3-6,8,13H2,1-2H3;1H. The number of sulfonamides is 1. The van der Waals surface area contributed by atoms with Gasteiger partial charge < -0.3 is 5.73 Å². The van der Waals surface area contributed by atoms with E-state index >= 15 is 0 Å². The monoisotopic (exact) mass is 324 g/mol. The summed E-state index contributed by atoms with van der Waals surface area (Å²) in [5.74, 6) is 0. The molecule has 1 aromatic rings. The van der Waals surface area contributed by atoms with E-state index in [1.54, 1.807) is 4.31 Å². The second-order valence-corrected chi connectivity index (χ2v) is 8.17. The van der Waals surface area contributed by atoms with Crippen LogP contribution < -0.4 is 5.73 Å². The lowest BCUT2D eigenvalue weighted by Gasteiger charge is -2.33. The van der Waals surface area contributed by atoms with E-state index in [0.29, 0.717) is 17.3 Å². The van der Waals surface area contributed by atoms with E-state index in [1.165, 1.54) is 11.3 Å². The first-order valence-corrected chi connectivity index (χ1v) is 8.51. The zero-order chi connectivity index (χ0) is 13.3. The van der Waals surface area contributed by atoms with Crippen LogP contribution in [-0.2, 0) is 10.0 Å². The first-order chi connectivity index (χ1) is 8.46. The van der Waals surface area contributed by atoms with Crippen LogP contribution in [0, 0.1) is 13.8 Å². The minimum absolute atomic E-state index is 0. The molecule has 0 aliphatic carbocycles. The molecule has 2 N–H and O–H groups in total. The molecular weight excluding hydrogens is 304 g/mol. The second-order valence-electron chi connectivity index (χ2n) is 4.83. The van der Waals surface area contributed by atoms with Gasteiger partial charge in [0.1, 0.15) is 4.21 Å². The molecule has 0 aromatic carbocycles. The highest BCUT2D eigenvalue weighted by Crippen LogP contribution is 2.32. The summed E-state index contributed by atoms with van der Waals surface area (Å²) >= 11 is 1.36. The molecule has 4 nitrogen and oxygen atoms in total. The van der Waals surface area contributed by atoms with Crippen molar-refractivity contribution in [1.29, 1.82) is 0 Å². The Morgan fingerprint density at radius 3 is 2.63 bits per heavy atom. The third-order valence-corrected chi connectivity index (χ3v) is 7.10. The summed E-state index contributed by atoms with van der Waals surface area (Å²) in [5.41, 5.74) is 6.56. The van der Waals surface area contributed by atoms with Gasteiger partial charge >= 0.3 is 0 Å². The zero-order valence-corrected chi connectivity index (χ0v) is 13.7. The molecule has 1 aliphatic heterocycles. The molecular formula is C12H21ClN2O2S2. The molecule has 1 unspecified atom stereocenters. The largest absolute Gasteiger partial charge is 0.329 e. The molecule has 0 saturated carbocycles. The van der Waals surface area contributed by atoms with Crippen LogP contribution in [0.5, 0.6) is 0 Å². The first kappa shape index (κ1) is 16.9. The summed E-state index contributed by atoms with van der Waals surface area (Å²) in [7, 11) is -3.36. The van der Waals surface area contributed by atoms with Crippen molar-refractivity contribution >= 4 is 33.8 Å². The van der Waals surface area contributed by atoms with Crippen molar-refractivity contribution in [3.8, 4) is 0 Å². The molecule has 0 bridgehead atoms. The fourth-order valence-corrected chi connectivity index (χ4v) is 5.99. The molecule has 110 valence electrons. The molecule has 2 rings (SSSR count). The molecule has 7 heteroatoms. The van der Waals surface area contributed by atoms with E-state index in [1.807, 2.05) is 19.9 Å². The number of nitrogens with zero attached hydrogens (tertiary/aromatic N) is 1. The predicted octanol–water partition coefficient (Wildman–Crippen LogP) is 2.29.